The molecule has 5 nitrogen and oxygen atoms in total. The van der Waals surface area contributed by atoms with Gasteiger partial charge in [-0.1, -0.05) is 13.0 Å². The number of ether oxygens (including phenoxy) is 1. The second kappa shape index (κ2) is 6.85. The number of halogens is 1. The zero-order valence-electron chi connectivity index (χ0n) is 11.6. The average molecular weight is 340 g/mol. The van der Waals surface area contributed by atoms with Crippen LogP contribution in [0.4, 0.5) is 0 Å². The van der Waals surface area contributed by atoms with Crippen LogP contribution in [0.3, 0.4) is 0 Å². The number of pyridine rings is 1. The first-order chi connectivity index (χ1) is 9.65. The predicted octanol–water partition coefficient (Wildman–Crippen LogP) is 2.74. The van der Waals surface area contributed by atoms with Gasteiger partial charge in [-0.15, -0.1) is 0 Å². The topological polar surface area (TPSA) is 60.2 Å². The van der Waals surface area contributed by atoms with E-state index in [0.717, 1.165) is 28.7 Å². The molecule has 0 aliphatic carbocycles. The number of hydrogen-bond donors (Lipinski definition) is 1. The number of nitrogens with zero attached hydrogens (tertiary/aromatic N) is 3. The highest BCUT2D eigenvalue weighted by atomic mass is 79.9. The van der Waals surface area contributed by atoms with Crippen molar-refractivity contribution in [2.75, 3.05) is 7.11 Å². The van der Waals surface area contributed by atoms with Gasteiger partial charge in [0.15, 0.2) is 0 Å². The number of hydrogen-bond acceptors (Lipinski definition) is 4. The third kappa shape index (κ3) is 3.37. The minimum Gasteiger partial charge on any atom is -0.481 e. The fourth-order valence-electron chi connectivity index (χ4n) is 2.07. The molecule has 6 heteroatoms. The molecule has 0 aromatic carbocycles. The Morgan fingerprint density at radius 2 is 2.20 bits per heavy atom. The van der Waals surface area contributed by atoms with Crippen LogP contribution in [0, 0.1) is 0 Å². The lowest BCUT2D eigenvalue weighted by Crippen LogP contribution is -2.11. The van der Waals surface area contributed by atoms with Crippen molar-refractivity contribution in [1.29, 1.82) is 0 Å². The van der Waals surface area contributed by atoms with Gasteiger partial charge in [-0.2, -0.15) is 5.10 Å². The van der Waals surface area contributed by atoms with Gasteiger partial charge in [-0.3, -0.25) is 4.68 Å². The fraction of sp³-hybridized carbons (Fsp3) is 0.429. The van der Waals surface area contributed by atoms with Crippen molar-refractivity contribution in [3.05, 3.63) is 40.3 Å². The summed E-state index contributed by atoms with van der Waals surface area (Å²) in [5.41, 5.74) is 1.76. The normalized spacial score (nSPS) is 12.4. The van der Waals surface area contributed by atoms with Gasteiger partial charge in [-0.05, 0) is 27.9 Å². The van der Waals surface area contributed by atoms with E-state index in [0.29, 0.717) is 12.3 Å². The van der Waals surface area contributed by atoms with Crippen LogP contribution >= 0.6 is 15.9 Å². The van der Waals surface area contributed by atoms with Crippen LogP contribution < -0.4 is 4.74 Å². The zero-order chi connectivity index (χ0) is 14.5. The SMILES string of the molecule is CCCn1ncc(Br)c1C(O)Cc1ccc(OC)nc1. The van der Waals surface area contributed by atoms with E-state index >= 15 is 0 Å². The first-order valence-corrected chi connectivity index (χ1v) is 7.33. The first kappa shape index (κ1) is 15.0. The van der Waals surface area contributed by atoms with Crippen LogP contribution in [-0.4, -0.2) is 27.0 Å². The summed E-state index contributed by atoms with van der Waals surface area (Å²) in [6, 6.07) is 3.70. The largest absolute Gasteiger partial charge is 0.481 e. The lowest BCUT2D eigenvalue weighted by atomic mass is 10.1. The summed E-state index contributed by atoms with van der Waals surface area (Å²) in [6.07, 6.45) is 4.29. The van der Waals surface area contributed by atoms with Gasteiger partial charge in [0.2, 0.25) is 5.88 Å². The lowest BCUT2D eigenvalue weighted by molar-refractivity contribution is 0.165. The van der Waals surface area contributed by atoms with E-state index in [4.69, 9.17) is 4.74 Å². The second-order valence-corrected chi connectivity index (χ2v) is 5.38. The monoisotopic (exact) mass is 339 g/mol. The number of aromatic nitrogens is 3. The smallest absolute Gasteiger partial charge is 0.212 e. The third-order valence-corrected chi connectivity index (χ3v) is 3.63. The quantitative estimate of drug-likeness (QED) is 0.878. The molecule has 20 heavy (non-hydrogen) atoms. The molecule has 2 heterocycles. The maximum atomic E-state index is 10.4. The van der Waals surface area contributed by atoms with Crippen molar-refractivity contribution in [2.45, 2.75) is 32.4 Å². The number of aliphatic hydroxyl groups is 1. The summed E-state index contributed by atoms with van der Waals surface area (Å²) in [7, 11) is 1.58. The number of aliphatic hydroxyl groups excluding tert-OH is 1. The second-order valence-electron chi connectivity index (χ2n) is 4.53. The van der Waals surface area contributed by atoms with Gasteiger partial charge in [0.05, 0.1) is 23.5 Å². The van der Waals surface area contributed by atoms with Crippen LogP contribution in [0.15, 0.2) is 29.0 Å². The van der Waals surface area contributed by atoms with E-state index in [1.807, 2.05) is 10.7 Å². The van der Waals surface area contributed by atoms with Gasteiger partial charge in [0.1, 0.15) is 6.10 Å². The van der Waals surface area contributed by atoms with Crippen LogP contribution in [-0.2, 0) is 13.0 Å². The maximum Gasteiger partial charge on any atom is 0.212 e. The summed E-state index contributed by atoms with van der Waals surface area (Å²) < 4.78 is 7.69. The Hall–Kier alpha value is -1.40. The van der Waals surface area contributed by atoms with E-state index in [-0.39, 0.29) is 0 Å². The zero-order valence-corrected chi connectivity index (χ0v) is 13.2. The summed E-state index contributed by atoms with van der Waals surface area (Å²) in [5.74, 6) is 0.570. The average Bonchev–Trinajstić information content (AvgIpc) is 2.81. The van der Waals surface area contributed by atoms with Crippen LogP contribution in [0.25, 0.3) is 0 Å². The highest BCUT2D eigenvalue weighted by Crippen LogP contribution is 2.26. The van der Waals surface area contributed by atoms with E-state index < -0.39 is 6.10 Å². The Morgan fingerprint density at radius 1 is 1.40 bits per heavy atom. The van der Waals surface area contributed by atoms with E-state index in [1.165, 1.54) is 0 Å². The Balaban J connectivity index is 2.14. The van der Waals surface area contributed by atoms with Crippen molar-refractivity contribution in [3.63, 3.8) is 0 Å². The third-order valence-electron chi connectivity index (χ3n) is 3.02. The molecular formula is C14H18BrN3O2. The molecule has 108 valence electrons. The van der Waals surface area contributed by atoms with Crippen molar-refractivity contribution in [1.82, 2.24) is 14.8 Å². The van der Waals surface area contributed by atoms with E-state index in [2.05, 4.69) is 32.9 Å². The predicted molar refractivity (Wildman–Crippen MR) is 79.7 cm³/mol. The van der Waals surface area contributed by atoms with Crippen molar-refractivity contribution in [2.24, 2.45) is 0 Å². The Kier molecular flexibility index (Phi) is 5.14. The summed E-state index contributed by atoms with van der Waals surface area (Å²) in [4.78, 5) is 4.15. The van der Waals surface area contributed by atoms with Gasteiger partial charge < -0.3 is 9.84 Å². The molecule has 2 rings (SSSR count). The number of aryl methyl sites for hydroxylation is 1. The molecule has 0 aliphatic heterocycles. The molecular weight excluding hydrogens is 322 g/mol. The van der Waals surface area contributed by atoms with Crippen LogP contribution in [0.1, 0.15) is 30.7 Å². The molecule has 2 aromatic rings. The maximum absolute atomic E-state index is 10.4. The minimum absolute atomic E-state index is 0.491. The Labute approximate surface area is 126 Å². The lowest BCUT2D eigenvalue weighted by Gasteiger charge is -2.14. The molecule has 1 atom stereocenters. The fourth-order valence-corrected chi connectivity index (χ4v) is 2.63. The molecule has 0 fully saturated rings. The first-order valence-electron chi connectivity index (χ1n) is 6.54. The van der Waals surface area contributed by atoms with Gasteiger partial charge in [0.25, 0.3) is 0 Å². The summed E-state index contributed by atoms with van der Waals surface area (Å²) in [6.45, 7) is 2.87. The summed E-state index contributed by atoms with van der Waals surface area (Å²) >= 11 is 3.44. The van der Waals surface area contributed by atoms with E-state index in [9.17, 15) is 5.11 Å². The van der Waals surface area contributed by atoms with Crippen molar-refractivity contribution in [3.8, 4) is 5.88 Å². The molecule has 0 spiro atoms. The molecule has 1 N–H and O–H groups in total. The van der Waals surface area contributed by atoms with Crippen molar-refractivity contribution < 1.29 is 9.84 Å². The summed E-state index contributed by atoms with van der Waals surface area (Å²) in [5, 5.41) is 14.7. The number of methoxy groups -OCH3 is 1. The minimum atomic E-state index is -0.617. The number of rotatable bonds is 6. The van der Waals surface area contributed by atoms with Gasteiger partial charge in [-0.25, -0.2) is 4.98 Å². The van der Waals surface area contributed by atoms with Crippen LogP contribution in [0.5, 0.6) is 5.88 Å². The molecule has 0 bridgehead atoms. The molecule has 2 aromatic heterocycles. The Bertz CT molecular complexity index is 554. The molecule has 1 unspecified atom stereocenters. The highest BCUT2D eigenvalue weighted by Gasteiger charge is 2.18. The van der Waals surface area contributed by atoms with Crippen LogP contribution in [0.2, 0.25) is 0 Å². The molecule has 0 amide bonds. The van der Waals surface area contributed by atoms with E-state index in [1.54, 1.807) is 25.6 Å². The Morgan fingerprint density at radius 3 is 2.80 bits per heavy atom. The standard InChI is InChI=1S/C14H18BrN3O2/c1-3-6-18-14(11(15)9-17-18)12(19)7-10-4-5-13(20-2)16-8-10/h4-5,8-9,12,19H,3,6-7H2,1-2H3. The molecule has 0 saturated carbocycles. The van der Waals surface area contributed by atoms with Crippen molar-refractivity contribution >= 4 is 15.9 Å². The van der Waals surface area contributed by atoms with Gasteiger partial charge in [0, 0.05) is 25.2 Å². The van der Waals surface area contributed by atoms with Gasteiger partial charge >= 0.3 is 0 Å². The highest BCUT2D eigenvalue weighted by molar-refractivity contribution is 9.10. The molecule has 0 aliphatic rings. The molecule has 0 radical (unpaired) electrons. The molecule has 0 saturated heterocycles.